The Labute approximate surface area is 128 Å². The van der Waals surface area contributed by atoms with Crippen LogP contribution in [0.3, 0.4) is 0 Å². The van der Waals surface area contributed by atoms with E-state index in [1.54, 1.807) is 24.5 Å². The molecule has 2 aromatic carbocycles. The molecule has 0 aliphatic rings. The predicted molar refractivity (Wildman–Crippen MR) is 88.1 cm³/mol. The Morgan fingerprint density at radius 1 is 1.14 bits per heavy atom. The van der Waals surface area contributed by atoms with Crippen LogP contribution in [0.2, 0.25) is 0 Å². The topological polar surface area (TPSA) is 65.7 Å². The van der Waals surface area contributed by atoms with Gasteiger partial charge < -0.3 is 10.2 Å². The van der Waals surface area contributed by atoms with Crippen molar-refractivity contribution in [1.29, 1.82) is 0 Å². The van der Waals surface area contributed by atoms with Gasteiger partial charge >= 0.3 is 0 Å². The fourth-order valence-electron chi connectivity index (χ4n) is 2.38. The summed E-state index contributed by atoms with van der Waals surface area (Å²) < 4.78 is 0. The van der Waals surface area contributed by atoms with Crippen LogP contribution in [0.15, 0.2) is 53.7 Å². The third kappa shape index (κ3) is 2.63. The lowest BCUT2D eigenvalue weighted by Gasteiger charge is -2.06. The van der Waals surface area contributed by atoms with Gasteiger partial charge in [-0.3, -0.25) is 9.98 Å². The van der Waals surface area contributed by atoms with Gasteiger partial charge in [0.25, 0.3) is 0 Å². The Balaban J connectivity index is 1.93. The number of benzene rings is 2. The standard InChI is InChI=1S/C18H16N2O2/c1-12-5-2-3-6-13(12)8-10-19-15-11-16(21)14-7-4-9-20-17(14)18(15)22/h2-7,9-11,21-22H,8H2,1H3. The minimum atomic E-state index is -0.0190. The maximum atomic E-state index is 10.2. The molecule has 0 bridgehead atoms. The minimum absolute atomic E-state index is 0.0190. The van der Waals surface area contributed by atoms with Crippen molar-refractivity contribution < 1.29 is 10.2 Å². The van der Waals surface area contributed by atoms with Gasteiger partial charge in [0.2, 0.25) is 0 Å². The minimum Gasteiger partial charge on any atom is -0.507 e. The summed E-state index contributed by atoms with van der Waals surface area (Å²) >= 11 is 0. The lowest BCUT2D eigenvalue weighted by atomic mass is 10.1. The van der Waals surface area contributed by atoms with Crippen molar-refractivity contribution in [1.82, 2.24) is 4.98 Å². The summed E-state index contributed by atoms with van der Waals surface area (Å²) in [5.41, 5.74) is 3.04. The molecule has 0 atom stereocenters. The lowest BCUT2D eigenvalue weighted by Crippen LogP contribution is -1.89. The molecular formula is C18H16N2O2. The fourth-order valence-corrected chi connectivity index (χ4v) is 2.38. The highest BCUT2D eigenvalue weighted by Gasteiger charge is 2.10. The molecule has 3 aromatic rings. The molecule has 3 rings (SSSR count). The summed E-state index contributed by atoms with van der Waals surface area (Å²) in [5, 5.41) is 20.8. The number of pyridine rings is 1. The van der Waals surface area contributed by atoms with Crippen LogP contribution in [0.5, 0.6) is 11.5 Å². The zero-order valence-electron chi connectivity index (χ0n) is 12.2. The number of fused-ring (bicyclic) bond motifs is 1. The molecule has 0 saturated carbocycles. The summed E-state index contributed by atoms with van der Waals surface area (Å²) in [6.45, 7) is 2.05. The van der Waals surface area contributed by atoms with Crippen molar-refractivity contribution in [2.45, 2.75) is 13.3 Å². The van der Waals surface area contributed by atoms with E-state index >= 15 is 0 Å². The second-order valence-corrected chi connectivity index (χ2v) is 5.11. The van der Waals surface area contributed by atoms with Gasteiger partial charge in [-0.2, -0.15) is 0 Å². The largest absolute Gasteiger partial charge is 0.507 e. The van der Waals surface area contributed by atoms with Crippen LogP contribution in [-0.4, -0.2) is 21.4 Å². The van der Waals surface area contributed by atoms with E-state index in [-0.39, 0.29) is 11.5 Å². The number of hydrogen-bond acceptors (Lipinski definition) is 4. The highest BCUT2D eigenvalue weighted by Crippen LogP contribution is 2.38. The van der Waals surface area contributed by atoms with Crippen molar-refractivity contribution in [3.63, 3.8) is 0 Å². The van der Waals surface area contributed by atoms with E-state index in [1.165, 1.54) is 17.2 Å². The van der Waals surface area contributed by atoms with Crippen LogP contribution in [0.1, 0.15) is 11.1 Å². The summed E-state index contributed by atoms with van der Waals surface area (Å²) in [5.74, 6) is 0.0402. The smallest absolute Gasteiger partial charge is 0.168 e. The van der Waals surface area contributed by atoms with Crippen LogP contribution in [0.4, 0.5) is 5.69 Å². The molecule has 22 heavy (non-hydrogen) atoms. The summed E-state index contributed by atoms with van der Waals surface area (Å²) in [6, 6.07) is 12.9. The Hall–Kier alpha value is -2.88. The number of aryl methyl sites for hydroxylation is 1. The maximum absolute atomic E-state index is 10.2. The third-order valence-corrected chi connectivity index (χ3v) is 3.63. The average molecular weight is 292 g/mol. The summed E-state index contributed by atoms with van der Waals surface area (Å²) in [4.78, 5) is 8.38. The molecule has 4 nitrogen and oxygen atoms in total. The van der Waals surface area contributed by atoms with Crippen molar-refractivity contribution in [3.8, 4) is 11.5 Å². The predicted octanol–water partition coefficient (Wildman–Crippen LogP) is 3.90. The van der Waals surface area contributed by atoms with E-state index in [4.69, 9.17) is 0 Å². The fraction of sp³-hybridized carbons (Fsp3) is 0.111. The third-order valence-electron chi connectivity index (χ3n) is 3.63. The van der Waals surface area contributed by atoms with Crippen molar-refractivity contribution in [3.05, 3.63) is 59.8 Å². The Morgan fingerprint density at radius 2 is 1.95 bits per heavy atom. The van der Waals surface area contributed by atoms with Gasteiger partial charge in [-0.05, 0) is 30.2 Å². The molecule has 0 saturated heterocycles. The van der Waals surface area contributed by atoms with Crippen LogP contribution in [-0.2, 0) is 6.42 Å². The molecule has 0 aliphatic carbocycles. The first kappa shape index (κ1) is 14.1. The Bertz CT molecular complexity index is 857. The molecule has 110 valence electrons. The van der Waals surface area contributed by atoms with Gasteiger partial charge in [0, 0.05) is 30.3 Å². The zero-order valence-corrected chi connectivity index (χ0v) is 12.2. The van der Waals surface area contributed by atoms with Gasteiger partial charge in [0.1, 0.15) is 17.0 Å². The molecule has 0 fully saturated rings. The van der Waals surface area contributed by atoms with E-state index in [9.17, 15) is 10.2 Å². The lowest BCUT2D eigenvalue weighted by molar-refractivity contribution is 0.470. The van der Waals surface area contributed by atoms with Crippen LogP contribution in [0, 0.1) is 6.92 Å². The van der Waals surface area contributed by atoms with Crippen LogP contribution in [0.25, 0.3) is 10.9 Å². The first-order chi connectivity index (χ1) is 10.7. The Morgan fingerprint density at radius 3 is 2.77 bits per heavy atom. The number of rotatable bonds is 3. The number of aromatic hydroxyl groups is 2. The normalized spacial score (nSPS) is 11.3. The number of phenolic OH excluding ortho intramolecular Hbond substituents is 2. The second-order valence-electron chi connectivity index (χ2n) is 5.11. The number of aromatic nitrogens is 1. The SMILES string of the molecule is Cc1ccccc1CC=Nc1cc(O)c2cccnc2c1O. The maximum Gasteiger partial charge on any atom is 0.168 e. The van der Waals surface area contributed by atoms with Gasteiger partial charge in [0.15, 0.2) is 5.75 Å². The average Bonchev–Trinajstić information content (AvgIpc) is 2.54. The Kier molecular flexibility index (Phi) is 3.74. The zero-order chi connectivity index (χ0) is 15.5. The summed E-state index contributed by atoms with van der Waals surface area (Å²) in [7, 11) is 0. The number of phenols is 2. The quantitative estimate of drug-likeness (QED) is 0.568. The highest BCUT2D eigenvalue weighted by atomic mass is 16.3. The van der Waals surface area contributed by atoms with Crippen LogP contribution >= 0.6 is 0 Å². The number of nitrogens with zero attached hydrogens (tertiary/aromatic N) is 2. The van der Waals surface area contributed by atoms with E-state index in [0.717, 1.165) is 0 Å². The van der Waals surface area contributed by atoms with E-state index in [1.807, 2.05) is 31.2 Å². The molecule has 0 radical (unpaired) electrons. The van der Waals surface area contributed by atoms with Crippen molar-refractivity contribution in [2.24, 2.45) is 4.99 Å². The van der Waals surface area contributed by atoms with Crippen molar-refractivity contribution in [2.75, 3.05) is 0 Å². The molecule has 0 amide bonds. The van der Waals surface area contributed by atoms with Gasteiger partial charge in [-0.15, -0.1) is 0 Å². The van der Waals surface area contributed by atoms with E-state index < -0.39 is 0 Å². The van der Waals surface area contributed by atoms with E-state index in [2.05, 4.69) is 9.98 Å². The molecule has 0 aliphatic heterocycles. The van der Waals surface area contributed by atoms with Gasteiger partial charge in [-0.25, -0.2) is 0 Å². The molecule has 1 heterocycles. The van der Waals surface area contributed by atoms with Crippen molar-refractivity contribution >= 4 is 22.8 Å². The van der Waals surface area contributed by atoms with Crippen LogP contribution < -0.4 is 0 Å². The first-order valence-corrected chi connectivity index (χ1v) is 7.03. The second kappa shape index (κ2) is 5.85. The molecule has 0 unspecified atom stereocenters. The monoisotopic (exact) mass is 292 g/mol. The molecule has 4 heteroatoms. The molecular weight excluding hydrogens is 276 g/mol. The van der Waals surface area contributed by atoms with Gasteiger partial charge in [0.05, 0.1) is 0 Å². The molecule has 0 spiro atoms. The van der Waals surface area contributed by atoms with Gasteiger partial charge in [-0.1, -0.05) is 24.3 Å². The number of aliphatic imine (C=N–C) groups is 1. The summed E-state index contributed by atoms with van der Waals surface area (Å²) in [6.07, 6.45) is 3.96. The molecule has 2 N–H and O–H groups in total. The molecule has 1 aromatic heterocycles. The van der Waals surface area contributed by atoms with E-state index in [0.29, 0.717) is 23.0 Å². The first-order valence-electron chi connectivity index (χ1n) is 7.03. The number of hydrogen-bond donors (Lipinski definition) is 2. The highest BCUT2D eigenvalue weighted by molar-refractivity contribution is 5.94.